The van der Waals surface area contributed by atoms with Crippen LogP contribution in [0, 0.1) is 12.7 Å². The number of aldehydes is 1. The lowest BCUT2D eigenvalue weighted by Crippen LogP contribution is -2.07. The van der Waals surface area contributed by atoms with E-state index in [0.717, 1.165) is 22.9 Å². The summed E-state index contributed by atoms with van der Waals surface area (Å²) >= 11 is 0. The molecule has 5 heteroatoms. The van der Waals surface area contributed by atoms with Crippen LogP contribution in [0.25, 0.3) is 10.9 Å². The summed E-state index contributed by atoms with van der Waals surface area (Å²) in [6.45, 7) is 2.23. The first kappa shape index (κ1) is 13.5. The number of aromatic nitrogens is 1. The topological polar surface area (TPSA) is 54.3 Å². The number of benzene rings is 1. The van der Waals surface area contributed by atoms with E-state index < -0.39 is 5.82 Å². The van der Waals surface area contributed by atoms with Gasteiger partial charge in [0.1, 0.15) is 6.29 Å². The van der Waals surface area contributed by atoms with Gasteiger partial charge in [-0.1, -0.05) is 0 Å². The lowest BCUT2D eigenvalue weighted by molar-refractivity contribution is -0.107. The van der Waals surface area contributed by atoms with E-state index in [9.17, 15) is 14.3 Å². The number of carbonyl (C=O) groups excluding carboxylic acids is 1. The van der Waals surface area contributed by atoms with Crippen LogP contribution < -0.4 is 5.32 Å². The highest BCUT2D eigenvalue weighted by Crippen LogP contribution is 2.35. The molecule has 0 bridgehead atoms. The Morgan fingerprint density at radius 1 is 1.47 bits per heavy atom. The first-order valence-electron chi connectivity index (χ1n) is 6.09. The summed E-state index contributed by atoms with van der Waals surface area (Å²) in [5.74, 6) is -0.990. The van der Waals surface area contributed by atoms with Gasteiger partial charge in [-0.2, -0.15) is 0 Å². The van der Waals surface area contributed by atoms with Crippen LogP contribution in [-0.2, 0) is 24.8 Å². The number of nitrogens with zero attached hydrogens (tertiary/aromatic N) is 1. The molecular formula is C14H17FN2O2. The molecule has 0 saturated carbocycles. The lowest BCUT2D eigenvalue weighted by Gasteiger charge is -2.09. The predicted molar refractivity (Wildman–Crippen MR) is 71.8 cm³/mol. The number of halogens is 1. The Bertz CT molecular complexity index is 647. The van der Waals surface area contributed by atoms with Gasteiger partial charge in [0, 0.05) is 42.7 Å². The van der Waals surface area contributed by atoms with Crippen molar-refractivity contribution in [3.63, 3.8) is 0 Å². The van der Waals surface area contributed by atoms with Gasteiger partial charge in [0.2, 0.25) is 0 Å². The molecule has 4 nitrogen and oxygen atoms in total. The molecule has 19 heavy (non-hydrogen) atoms. The van der Waals surface area contributed by atoms with Crippen molar-refractivity contribution in [1.82, 2.24) is 9.88 Å². The van der Waals surface area contributed by atoms with Crippen molar-refractivity contribution in [2.75, 3.05) is 7.05 Å². The van der Waals surface area contributed by atoms with Crippen LogP contribution in [0.2, 0.25) is 0 Å². The van der Waals surface area contributed by atoms with Gasteiger partial charge in [0.05, 0.1) is 5.52 Å². The van der Waals surface area contributed by atoms with Crippen molar-refractivity contribution in [2.24, 2.45) is 7.05 Å². The summed E-state index contributed by atoms with van der Waals surface area (Å²) in [5, 5.41) is 13.6. The minimum absolute atomic E-state index is 0.255. The fourth-order valence-electron chi connectivity index (χ4n) is 2.52. The number of hydrogen-bond donors (Lipinski definition) is 2. The Labute approximate surface area is 110 Å². The number of nitrogens with one attached hydrogen (secondary N) is 1. The second-order valence-electron chi connectivity index (χ2n) is 4.60. The van der Waals surface area contributed by atoms with Crippen LogP contribution in [0.4, 0.5) is 4.39 Å². The van der Waals surface area contributed by atoms with Gasteiger partial charge in [0.25, 0.3) is 0 Å². The number of aryl methyl sites for hydroxylation is 1. The number of fused-ring (bicyclic) bond motifs is 1. The summed E-state index contributed by atoms with van der Waals surface area (Å²) < 4.78 is 15.6. The first-order chi connectivity index (χ1) is 9.02. The molecule has 1 aromatic heterocycles. The van der Waals surface area contributed by atoms with Crippen molar-refractivity contribution in [3.05, 3.63) is 28.7 Å². The highest BCUT2D eigenvalue weighted by Gasteiger charge is 2.20. The molecule has 0 aliphatic rings. The van der Waals surface area contributed by atoms with Gasteiger partial charge in [-0.05, 0) is 19.5 Å². The number of aromatic hydroxyl groups is 1. The number of phenols is 1. The van der Waals surface area contributed by atoms with Crippen molar-refractivity contribution >= 4 is 17.2 Å². The monoisotopic (exact) mass is 264 g/mol. The molecule has 0 fully saturated rings. The van der Waals surface area contributed by atoms with Crippen molar-refractivity contribution in [2.45, 2.75) is 19.9 Å². The third-order valence-electron chi connectivity index (χ3n) is 3.58. The second-order valence-corrected chi connectivity index (χ2v) is 4.60. The standard InChI is InChI=1S/C14H17FN2O2/c1-8-9(4-5-18)13-10(7-16-2)14(19)11(15)6-12(13)17(8)3/h5-6,16,19H,4,7H2,1-3H3. The van der Waals surface area contributed by atoms with Gasteiger partial charge in [-0.25, -0.2) is 4.39 Å². The summed E-state index contributed by atoms with van der Waals surface area (Å²) in [6.07, 6.45) is 1.08. The molecule has 0 aliphatic heterocycles. The zero-order valence-electron chi connectivity index (χ0n) is 11.2. The maximum atomic E-state index is 13.8. The molecule has 0 radical (unpaired) electrons. The molecule has 0 amide bonds. The Kier molecular flexibility index (Phi) is 3.57. The third-order valence-corrected chi connectivity index (χ3v) is 3.58. The molecule has 0 atom stereocenters. The second kappa shape index (κ2) is 5.01. The Morgan fingerprint density at radius 2 is 2.16 bits per heavy atom. The zero-order valence-corrected chi connectivity index (χ0v) is 11.2. The van der Waals surface area contributed by atoms with Crippen molar-refractivity contribution in [1.29, 1.82) is 0 Å². The summed E-state index contributed by atoms with van der Waals surface area (Å²) in [7, 11) is 3.55. The summed E-state index contributed by atoms with van der Waals surface area (Å²) in [5.41, 5.74) is 2.94. The van der Waals surface area contributed by atoms with Crippen LogP contribution in [0.5, 0.6) is 5.75 Å². The Hall–Kier alpha value is -1.88. The van der Waals surface area contributed by atoms with Gasteiger partial charge in [-0.3, -0.25) is 0 Å². The van der Waals surface area contributed by atoms with E-state index in [4.69, 9.17) is 0 Å². The maximum Gasteiger partial charge on any atom is 0.167 e. The first-order valence-corrected chi connectivity index (χ1v) is 6.09. The van der Waals surface area contributed by atoms with E-state index in [1.807, 2.05) is 18.5 Å². The van der Waals surface area contributed by atoms with E-state index in [2.05, 4.69) is 5.32 Å². The highest BCUT2D eigenvalue weighted by molar-refractivity contribution is 5.92. The number of phenolic OH excluding ortho intramolecular Hbond substituents is 1. The Balaban J connectivity index is 2.91. The lowest BCUT2D eigenvalue weighted by atomic mass is 10.0. The van der Waals surface area contributed by atoms with Gasteiger partial charge >= 0.3 is 0 Å². The predicted octanol–water partition coefficient (Wildman–Crippen LogP) is 1.79. The SMILES string of the molecule is CNCc1c(O)c(F)cc2c1c(CC=O)c(C)n2C. The molecule has 1 aromatic carbocycles. The van der Waals surface area contributed by atoms with Gasteiger partial charge in [0.15, 0.2) is 11.6 Å². The number of carbonyl (C=O) groups is 1. The van der Waals surface area contributed by atoms with E-state index in [1.54, 1.807) is 7.05 Å². The van der Waals surface area contributed by atoms with Gasteiger partial charge < -0.3 is 19.8 Å². The molecular weight excluding hydrogens is 247 g/mol. The molecule has 2 aromatic rings. The van der Waals surface area contributed by atoms with Crippen molar-refractivity contribution < 1.29 is 14.3 Å². The molecule has 0 spiro atoms. The molecule has 1 heterocycles. The van der Waals surface area contributed by atoms with Crippen LogP contribution in [0.15, 0.2) is 6.07 Å². The quantitative estimate of drug-likeness (QED) is 0.828. The Morgan fingerprint density at radius 3 is 2.74 bits per heavy atom. The molecule has 102 valence electrons. The van der Waals surface area contributed by atoms with Crippen LogP contribution in [-0.4, -0.2) is 23.0 Å². The van der Waals surface area contributed by atoms with Crippen molar-refractivity contribution in [3.8, 4) is 5.75 Å². The van der Waals surface area contributed by atoms with E-state index in [0.29, 0.717) is 17.6 Å². The average Bonchev–Trinajstić information content (AvgIpc) is 2.61. The average molecular weight is 264 g/mol. The van der Waals surface area contributed by atoms with E-state index in [-0.39, 0.29) is 12.2 Å². The summed E-state index contributed by atoms with van der Waals surface area (Å²) in [4.78, 5) is 10.8. The molecule has 0 aliphatic carbocycles. The number of rotatable bonds is 4. The van der Waals surface area contributed by atoms with E-state index in [1.165, 1.54) is 6.07 Å². The number of hydrogen-bond acceptors (Lipinski definition) is 3. The normalized spacial score (nSPS) is 11.2. The fraction of sp³-hybridized carbons (Fsp3) is 0.357. The molecule has 2 N–H and O–H groups in total. The van der Waals surface area contributed by atoms with Crippen LogP contribution in [0.1, 0.15) is 16.8 Å². The highest BCUT2D eigenvalue weighted by atomic mass is 19.1. The van der Waals surface area contributed by atoms with Crippen LogP contribution in [0.3, 0.4) is 0 Å². The largest absolute Gasteiger partial charge is 0.505 e. The zero-order chi connectivity index (χ0) is 14.2. The third kappa shape index (κ3) is 2.00. The minimum Gasteiger partial charge on any atom is -0.505 e. The minimum atomic E-state index is -0.643. The van der Waals surface area contributed by atoms with E-state index >= 15 is 0 Å². The van der Waals surface area contributed by atoms with Crippen LogP contribution >= 0.6 is 0 Å². The smallest absolute Gasteiger partial charge is 0.167 e. The molecule has 2 rings (SSSR count). The molecule has 0 unspecified atom stereocenters. The maximum absolute atomic E-state index is 13.8. The molecule has 0 saturated heterocycles. The van der Waals surface area contributed by atoms with Gasteiger partial charge in [-0.15, -0.1) is 0 Å². The fourth-order valence-corrected chi connectivity index (χ4v) is 2.52. The summed E-state index contributed by atoms with van der Waals surface area (Å²) in [6, 6.07) is 1.31.